The van der Waals surface area contributed by atoms with Crippen molar-refractivity contribution in [3.05, 3.63) is 27.8 Å². The van der Waals surface area contributed by atoms with E-state index in [1.54, 1.807) is 16.4 Å². The third kappa shape index (κ3) is 3.43. The maximum atomic E-state index is 12.6. The lowest BCUT2D eigenvalue weighted by molar-refractivity contribution is 0.234. The number of halogens is 1. The van der Waals surface area contributed by atoms with Crippen molar-refractivity contribution in [2.24, 2.45) is 5.92 Å². The summed E-state index contributed by atoms with van der Waals surface area (Å²) < 4.78 is 28.0. The molecule has 2 fully saturated rings. The zero-order valence-corrected chi connectivity index (χ0v) is 14.9. The fourth-order valence-electron chi connectivity index (χ4n) is 3.39. The molecule has 0 saturated carbocycles. The number of hydrogen-bond donors (Lipinski definition) is 1. The van der Waals surface area contributed by atoms with Crippen molar-refractivity contribution in [3.8, 4) is 0 Å². The van der Waals surface area contributed by atoms with Crippen LogP contribution in [0.3, 0.4) is 0 Å². The van der Waals surface area contributed by atoms with E-state index in [1.807, 2.05) is 12.1 Å². The standard InChI is InChI=1S/C15H21IN2O2S/c16-13-3-5-14(6-4-13)21(19,20)18-10-7-12(8-11-18)15-2-1-9-17-15/h3-6,12,15,17H,1-2,7-11H2. The molecular formula is C15H21IN2O2S. The minimum Gasteiger partial charge on any atom is -0.314 e. The van der Waals surface area contributed by atoms with Crippen LogP contribution in [0, 0.1) is 9.49 Å². The Morgan fingerprint density at radius 1 is 1.10 bits per heavy atom. The van der Waals surface area contributed by atoms with Gasteiger partial charge in [-0.15, -0.1) is 0 Å². The monoisotopic (exact) mass is 420 g/mol. The van der Waals surface area contributed by atoms with E-state index < -0.39 is 10.0 Å². The first-order chi connectivity index (χ1) is 10.1. The lowest BCUT2D eigenvalue weighted by atomic mass is 9.89. The summed E-state index contributed by atoms with van der Waals surface area (Å²) in [6.45, 7) is 2.42. The first-order valence-corrected chi connectivity index (χ1v) is 10.1. The highest BCUT2D eigenvalue weighted by atomic mass is 127. The molecule has 4 nitrogen and oxygen atoms in total. The number of hydrogen-bond acceptors (Lipinski definition) is 3. The molecule has 3 rings (SSSR count). The van der Waals surface area contributed by atoms with Crippen LogP contribution in [-0.2, 0) is 10.0 Å². The molecule has 1 aromatic carbocycles. The summed E-state index contributed by atoms with van der Waals surface area (Å²) in [5.41, 5.74) is 0. The zero-order valence-electron chi connectivity index (χ0n) is 12.0. The smallest absolute Gasteiger partial charge is 0.243 e. The van der Waals surface area contributed by atoms with E-state index in [9.17, 15) is 8.42 Å². The van der Waals surface area contributed by atoms with E-state index in [-0.39, 0.29) is 0 Å². The van der Waals surface area contributed by atoms with E-state index in [0.29, 0.717) is 29.9 Å². The molecule has 0 spiro atoms. The van der Waals surface area contributed by atoms with Crippen LogP contribution in [0.2, 0.25) is 0 Å². The molecule has 2 aliphatic heterocycles. The Labute approximate surface area is 140 Å². The number of piperidine rings is 1. The molecule has 0 aliphatic carbocycles. The molecule has 21 heavy (non-hydrogen) atoms. The summed E-state index contributed by atoms with van der Waals surface area (Å²) in [5.74, 6) is 0.635. The number of nitrogens with zero attached hydrogens (tertiary/aromatic N) is 1. The van der Waals surface area contributed by atoms with E-state index in [0.717, 1.165) is 23.0 Å². The molecular weight excluding hydrogens is 399 g/mol. The van der Waals surface area contributed by atoms with Gasteiger partial charge in [0.25, 0.3) is 0 Å². The maximum absolute atomic E-state index is 12.6. The van der Waals surface area contributed by atoms with E-state index in [1.165, 1.54) is 12.8 Å². The molecule has 0 aromatic heterocycles. The first-order valence-electron chi connectivity index (χ1n) is 7.56. The predicted octanol–water partition coefficient (Wildman–Crippen LogP) is 2.44. The minimum atomic E-state index is -3.32. The summed E-state index contributed by atoms with van der Waals surface area (Å²) in [7, 11) is -3.32. The predicted molar refractivity (Wildman–Crippen MR) is 91.7 cm³/mol. The zero-order chi connectivity index (χ0) is 14.9. The molecule has 1 aromatic rings. The average Bonchev–Trinajstić information content (AvgIpc) is 3.02. The van der Waals surface area contributed by atoms with Gasteiger partial charge in [0.05, 0.1) is 4.90 Å². The van der Waals surface area contributed by atoms with Crippen LogP contribution in [0.15, 0.2) is 29.2 Å². The van der Waals surface area contributed by atoms with E-state index >= 15 is 0 Å². The van der Waals surface area contributed by atoms with Gasteiger partial charge in [-0.1, -0.05) is 0 Å². The molecule has 1 atom stereocenters. The van der Waals surface area contributed by atoms with Gasteiger partial charge in [0.15, 0.2) is 0 Å². The molecule has 2 saturated heterocycles. The van der Waals surface area contributed by atoms with Gasteiger partial charge in [0, 0.05) is 22.7 Å². The van der Waals surface area contributed by atoms with Crippen molar-refractivity contribution >= 4 is 32.6 Å². The van der Waals surface area contributed by atoms with Gasteiger partial charge >= 0.3 is 0 Å². The molecule has 116 valence electrons. The Hall–Kier alpha value is -0.180. The summed E-state index contributed by atoms with van der Waals surface area (Å²) in [4.78, 5) is 0.417. The van der Waals surface area contributed by atoms with E-state index in [4.69, 9.17) is 0 Å². The van der Waals surface area contributed by atoms with Gasteiger partial charge in [-0.2, -0.15) is 4.31 Å². The van der Waals surface area contributed by atoms with Gasteiger partial charge in [-0.05, 0) is 85.0 Å². The Morgan fingerprint density at radius 2 is 1.76 bits per heavy atom. The Morgan fingerprint density at radius 3 is 2.33 bits per heavy atom. The lowest BCUT2D eigenvalue weighted by Gasteiger charge is -2.34. The van der Waals surface area contributed by atoms with Crippen LogP contribution >= 0.6 is 22.6 Å². The van der Waals surface area contributed by atoms with Gasteiger partial charge < -0.3 is 5.32 Å². The van der Waals surface area contributed by atoms with E-state index in [2.05, 4.69) is 27.9 Å². The number of nitrogens with one attached hydrogen (secondary N) is 1. The third-order valence-corrected chi connectivity index (χ3v) is 7.25. The fourth-order valence-corrected chi connectivity index (χ4v) is 5.22. The largest absolute Gasteiger partial charge is 0.314 e. The van der Waals surface area contributed by atoms with Crippen LogP contribution in [-0.4, -0.2) is 38.4 Å². The molecule has 2 aliphatic rings. The quantitative estimate of drug-likeness (QED) is 0.765. The first kappa shape index (κ1) is 15.7. The van der Waals surface area contributed by atoms with Gasteiger partial charge in [0.2, 0.25) is 10.0 Å². The number of sulfonamides is 1. The van der Waals surface area contributed by atoms with Crippen molar-refractivity contribution in [1.29, 1.82) is 0 Å². The summed E-state index contributed by atoms with van der Waals surface area (Å²) in [6, 6.07) is 7.72. The summed E-state index contributed by atoms with van der Waals surface area (Å²) in [6.07, 6.45) is 4.45. The second kappa shape index (κ2) is 6.52. The van der Waals surface area contributed by atoms with Crippen molar-refractivity contribution in [1.82, 2.24) is 9.62 Å². The summed E-state index contributed by atoms with van der Waals surface area (Å²) >= 11 is 2.19. The van der Waals surface area contributed by atoms with Crippen molar-refractivity contribution in [2.45, 2.75) is 36.6 Å². The highest BCUT2D eigenvalue weighted by molar-refractivity contribution is 14.1. The average molecular weight is 420 g/mol. The molecule has 1 unspecified atom stereocenters. The fraction of sp³-hybridized carbons (Fsp3) is 0.600. The molecule has 1 N–H and O–H groups in total. The van der Waals surface area contributed by atoms with Gasteiger partial charge in [-0.3, -0.25) is 0 Å². The number of rotatable bonds is 3. The second-order valence-electron chi connectivity index (χ2n) is 5.90. The van der Waals surface area contributed by atoms with Crippen LogP contribution in [0.5, 0.6) is 0 Å². The van der Waals surface area contributed by atoms with Gasteiger partial charge in [0.1, 0.15) is 0 Å². The Balaban J connectivity index is 1.66. The topological polar surface area (TPSA) is 49.4 Å². The normalized spacial score (nSPS) is 25.3. The van der Waals surface area contributed by atoms with Crippen LogP contribution in [0.4, 0.5) is 0 Å². The minimum absolute atomic E-state index is 0.417. The SMILES string of the molecule is O=S(=O)(c1ccc(I)cc1)N1CCC(C2CCCN2)CC1. The maximum Gasteiger partial charge on any atom is 0.243 e. The molecule has 6 heteroatoms. The Kier molecular flexibility index (Phi) is 4.87. The molecule has 0 radical (unpaired) electrons. The third-order valence-electron chi connectivity index (χ3n) is 4.62. The van der Waals surface area contributed by atoms with Crippen LogP contribution < -0.4 is 5.32 Å². The number of benzene rings is 1. The van der Waals surface area contributed by atoms with Crippen LogP contribution in [0.1, 0.15) is 25.7 Å². The van der Waals surface area contributed by atoms with Crippen LogP contribution in [0.25, 0.3) is 0 Å². The molecule has 0 amide bonds. The van der Waals surface area contributed by atoms with Crippen molar-refractivity contribution < 1.29 is 8.42 Å². The molecule has 0 bridgehead atoms. The highest BCUT2D eigenvalue weighted by Crippen LogP contribution is 2.28. The molecule has 2 heterocycles. The van der Waals surface area contributed by atoms with Gasteiger partial charge in [-0.25, -0.2) is 8.42 Å². The van der Waals surface area contributed by atoms with Crippen molar-refractivity contribution in [2.75, 3.05) is 19.6 Å². The lowest BCUT2D eigenvalue weighted by Crippen LogP contribution is -2.43. The highest BCUT2D eigenvalue weighted by Gasteiger charge is 2.33. The van der Waals surface area contributed by atoms with Crippen molar-refractivity contribution in [3.63, 3.8) is 0 Å². The Bertz CT molecular complexity index is 574. The summed E-state index contributed by atoms with van der Waals surface area (Å²) in [5, 5.41) is 3.55. The second-order valence-corrected chi connectivity index (χ2v) is 9.08.